The molecule has 0 heterocycles. The summed E-state index contributed by atoms with van der Waals surface area (Å²) in [4.78, 5) is 23.9. The summed E-state index contributed by atoms with van der Waals surface area (Å²) in [6.07, 6.45) is -5.65. The van der Waals surface area contributed by atoms with Crippen LogP contribution in [-0.4, -0.2) is 29.2 Å². The highest BCUT2D eigenvalue weighted by atomic mass is 19.4. The topological polar surface area (TPSA) is 66.4 Å². The second kappa shape index (κ2) is 8.51. The molecule has 2 rings (SSSR count). The molecule has 0 spiro atoms. The number of rotatable bonds is 7. The Morgan fingerprint density at radius 3 is 2.23 bits per heavy atom. The predicted molar refractivity (Wildman–Crippen MR) is 89.9 cm³/mol. The minimum atomic E-state index is -4.33. The number of carbonyl (C=O) groups is 2. The van der Waals surface area contributed by atoms with Crippen molar-refractivity contribution in [3.05, 3.63) is 71.3 Å². The third-order valence-electron chi connectivity index (χ3n) is 3.83. The van der Waals surface area contributed by atoms with E-state index in [9.17, 15) is 27.9 Å². The molecule has 2 N–H and O–H groups in total. The van der Waals surface area contributed by atoms with Gasteiger partial charge in [0.05, 0.1) is 0 Å². The number of aryl methyl sites for hydroxylation is 1. The van der Waals surface area contributed by atoms with Crippen molar-refractivity contribution < 1.29 is 27.9 Å². The molecule has 4 nitrogen and oxygen atoms in total. The first-order chi connectivity index (χ1) is 12.3. The number of hydrogen-bond donors (Lipinski definition) is 2. The minimum absolute atomic E-state index is 0.0519. The van der Waals surface area contributed by atoms with E-state index >= 15 is 0 Å². The van der Waals surface area contributed by atoms with Crippen molar-refractivity contribution in [2.24, 2.45) is 0 Å². The molecule has 2 aromatic carbocycles. The van der Waals surface area contributed by atoms with Crippen LogP contribution in [0.2, 0.25) is 0 Å². The summed E-state index contributed by atoms with van der Waals surface area (Å²) in [6, 6.07) is 13.5. The lowest BCUT2D eigenvalue weighted by Crippen LogP contribution is -2.42. The molecule has 1 unspecified atom stereocenters. The zero-order valence-corrected chi connectivity index (χ0v) is 13.8. The van der Waals surface area contributed by atoms with Crippen molar-refractivity contribution in [2.75, 3.05) is 0 Å². The van der Waals surface area contributed by atoms with E-state index in [0.717, 1.165) is 5.56 Å². The number of amides is 1. The number of alkyl halides is 3. The van der Waals surface area contributed by atoms with Crippen LogP contribution in [0.25, 0.3) is 0 Å². The van der Waals surface area contributed by atoms with Gasteiger partial charge in [0.2, 0.25) is 0 Å². The summed E-state index contributed by atoms with van der Waals surface area (Å²) >= 11 is 0. The van der Waals surface area contributed by atoms with E-state index in [1.54, 1.807) is 36.4 Å². The van der Waals surface area contributed by atoms with Gasteiger partial charge < -0.3 is 10.4 Å². The first-order valence-corrected chi connectivity index (χ1v) is 7.98. The number of aliphatic carboxylic acids is 1. The van der Waals surface area contributed by atoms with E-state index in [4.69, 9.17) is 0 Å². The molecule has 0 fully saturated rings. The van der Waals surface area contributed by atoms with Gasteiger partial charge in [-0.2, -0.15) is 13.2 Å². The van der Waals surface area contributed by atoms with Gasteiger partial charge in [-0.05, 0) is 23.6 Å². The van der Waals surface area contributed by atoms with Crippen LogP contribution in [0.15, 0.2) is 54.6 Å². The SMILES string of the molecule is O=C(NC(Cc1ccccc1)C(=O)O)c1ccccc1CCC(F)(F)F. The lowest BCUT2D eigenvalue weighted by Gasteiger charge is -2.16. The Morgan fingerprint density at radius 1 is 1.00 bits per heavy atom. The van der Waals surface area contributed by atoms with E-state index in [1.165, 1.54) is 18.2 Å². The van der Waals surface area contributed by atoms with Crippen LogP contribution in [0.4, 0.5) is 13.2 Å². The first kappa shape index (κ1) is 19.5. The fourth-order valence-electron chi connectivity index (χ4n) is 2.52. The molecule has 138 valence electrons. The largest absolute Gasteiger partial charge is 0.480 e. The third kappa shape index (κ3) is 5.91. The van der Waals surface area contributed by atoms with Crippen molar-refractivity contribution in [2.45, 2.75) is 31.5 Å². The van der Waals surface area contributed by atoms with Gasteiger partial charge in [0.15, 0.2) is 0 Å². The summed E-state index contributed by atoms with van der Waals surface area (Å²) in [5.41, 5.74) is 1.01. The summed E-state index contributed by atoms with van der Waals surface area (Å²) in [6.45, 7) is 0. The summed E-state index contributed by atoms with van der Waals surface area (Å²) in [7, 11) is 0. The monoisotopic (exact) mass is 365 g/mol. The van der Waals surface area contributed by atoms with Gasteiger partial charge in [-0.3, -0.25) is 4.79 Å². The number of hydrogen-bond acceptors (Lipinski definition) is 2. The van der Waals surface area contributed by atoms with Crippen molar-refractivity contribution in [1.29, 1.82) is 0 Å². The zero-order valence-electron chi connectivity index (χ0n) is 13.8. The Bertz CT molecular complexity index is 760. The standard InChI is InChI=1S/C19H18F3NO3/c20-19(21,22)11-10-14-8-4-5-9-15(14)17(24)23-16(18(25)26)12-13-6-2-1-3-7-13/h1-9,16H,10-12H2,(H,23,24)(H,25,26). The van der Waals surface area contributed by atoms with Gasteiger partial charge >= 0.3 is 12.1 Å². The molecular formula is C19H18F3NO3. The molecule has 0 radical (unpaired) electrons. The highest BCUT2D eigenvalue weighted by Crippen LogP contribution is 2.23. The van der Waals surface area contributed by atoms with Crippen LogP contribution < -0.4 is 5.32 Å². The van der Waals surface area contributed by atoms with E-state index in [0.29, 0.717) is 0 Å². The molecule has 0 aliphatic carbocycles. The van der Waals surface area contributed by atoms with Crippen LogP contribution >= 0.6 is 0 Å². The molecule has 0 aliphatic rings. The fraction of sp³-hybridized carbons (Fsp3) is 0.263. The van der Waals surface area contributed by atoms with Crippen molar-refractivity contribution >= 4 is 11.9 Å². The average Bonchev–Trinajstić information content (AvgIpc) is 2.59. The lowest BCUT2D eigenvalue weighted by molar-refractivity contribution is -0.139. The smallest absolute Gasteiger partial charge is 0.389 e. The van der Waals surface area contributed by atoms with Crippen molar-refractivity contribution in [1.82, 2.24) is 5.32 Å². The Hall–Kier alpha value is -2.83. The maximum Gasteiger partial charge on any atom is 0.389 e. The molecule has 1 atom stereocenters. The summed E-state index contributed by atoms with van der Waals surface area (Å²) < 4.78 is 37.4. The molecule has 0 aliphatic heterocycles. The molecule has 2 aromatic rings. The highest BCUT2D eigenvalue weighted by molar-refractivity contribution is 5.97. The third-order valence-corrected chi connectivity index (χ3v) is 3.83. The molecular weight excluding hydrogens is 347 g/mol. The molecule has 0 bridgehead atoms. The van der Waals surface area contributed by atoms with Crippen LogP contribution in [-0.2, 0) is 17.6 Å². The Labute approximate surface area is 148 Å². The van der Waals surface area contributed by atoms with Crippen molar-refractivity contribution in [3.63, 3.8) is 0 Å². The second-order valence-corrected chi connectivity index (χ2v) is 5.83. The zero-order chi connectivity index (χ0) is 19.2. The van der Waals surface area contributed by atoms with Gasteiger partial charge in [-0.15, -0.1) is 0 Å². The van der Waals surface area contributed by atoms with Gasteiger partial charge in [0, 0.05) is 18.4 Å². The first-order valence-electron chi connectivity index (χ1n) is 7.98. The van der Waals surface area contributed by atoms with E-state index < -0.39 is 30.5 Å². The van der Waals surface area contributed by atoms with Crippen LogP contribution in [0.5, 0.6) is 0 Å². The Kier molecular flexibility index (Phi) is 6.38. The van der Waals surface area contributed by atoms with Crippen LogP contribution in [0.1, 0.15) is 27.9 Å². The lowest BCUT2D eigenvalue weighted by atomic mass is 10.0. The normalized spacial score (nSPS) is 12.4. The quantitative estimate of drug-likeness (QED) is 0.788. The fourth-order valence-corrected chi connectivity index (χ4v) is 2.52. The van der Waals surface area contributed by atoms with Gasteiger partial charge in [0.1, 0.15) is 6.04 Å². The number of nitrogens with one attached hydrogen (secondary N) is 1. The number of halogens is 3. The second-order valence-electron chi connectivity index (χ2n) is 5.83. The molecule has 0 saturated carbocycles. The van der Waals surface area contributed by atoms with Crippen LogP contribution in [0, 0.1) is 0 Å². The van der Waals surface area contributed by atoms with E-state index in [1.807, 2.05) is 0 Å². The maximum absolute atomic E-state index is 12.5. The van der Waals surface area contributed by atoms with Gasteiger partial charge in [0.25, 0.3) is 5.91 Å². The van der Waals surface area contributed by atoms with Crippen molar-refractivity contribution in [3.8, 4) is 0 Å². The van der Waals surface area contributed by atoms with Crippen LogP contribution in [0.3, 0.4) is 0 Å². The Morgan fingerprint density at radius 2 is 1.62 bits per heavy atom. The van der Waals surface area contributed by atoms with Gasteiger partial charge in [-0.1, -0.05) is 48.5 Å². The van der Waals surface area contributed by atoms with Gasteiger partial charge in [-0.25, -0.2) is 4.79 Å². The number of carbonyl (C=O) groups excluding carboxylic acids is 1. The van der Waals surface area contributed by atoms with E-state index in [-0.39, 0.29) is 24.0 Å². The maximum atomic E-state index is 12.5. The summed E-state index contributed by atoms with van der Waals surface area (Å²) in [5, 5.41) is 11.7. The Balaban J connectivity index is 2.13. The minimum Gasteiger partial charge on any atom is -0.480 e. The molecule has 1 amide bonds. The highest BCUT2D eigenvalue weighted by Gasteiger charge is 2.28. The number of carboxylic acids is 1. The predicted octanol–water partition coefficient (Wildman–Crippen LogP) is 3.61. The van der Waals surface area contributed by atoms with E-state index in [2.05, 4.69) is 5.32 Å². The summed E-state index contributed by atoms with van der Waals surface area (Å²) in [5.74, 6) is -1.92. The molecule has 0 aromatic heterocycles. The average molecular weight is 365 g/mol. The number of carboxylic acid groups (broad SMARTS) is 1. The molecule has 26 heavy (non-hydrogen) atoms. The molecule has 0 saturated heterocycles. The number of benzene rings is 2. The molecule has 7 heteroatoms.